The van der Waals surface area contributed by atoms with Crippen molar-refractivity contribution < 1.29 is 4.79 Å². The molecule has 1 aromatic rings. The van der Waals surface area contributed by atoms with Gasteiger partial charge in [0.15, 0.2) is 0 Å². The van der Waals surface area contributed by atoms with Crippen LogP contribution in [0.2, 0.25) is 0 Å². The third kappa shape index (κ3) is 2.74. The highest BCUT2D eigenvalue weighted by Crippen LogP contribution is 2.14. The molecule has 1 aliphatic rings. The molecule has 2 rings (SSSR count). The van der Waals surface area contributed by atoms with Gasteiger partial charge in [-0.05, 0) is 32.4 Å². The van der Waals surface area contributed by atoms with E-state index in [1.54, 1.807) is 0 Å². The third-order valence-electron chi connectivity index (χ3n) is 3.07. The molecule has 2 atom stereocenters. The zero-order valence-corrected chi connectivity index (χ0v) is 10.3. The minimum Gasteiger partial charge on any atom is -0.284 e. The predicted molar refractivity (Wildman–Crippen MR) is 68.4 cm³/mol. The van der Waals surface area contributed by atoms with Crippen molar-refractivity contribution >= 4 is 5.91 Å². The highest BCUT2D eigenvalue weighted by molar-refractivity contribution is 5.93. The largest absolute Gasteiger partial charge is 0.284 e. The van der Waals surface area contributed by atoms with Crippen molar-refractivity contribution in [3.8, 4) is 0 Å². The molecule has 0 fully saturated rings. The number of amides is 1. The molecule has 0 saturated heterocycles. The average molecular weight is 230 g/mol. The zero-order valence-electron chi connectivity index (χ0n) is 10.3. The lowest BCUT2D eigenvalue weighted by atomic mass is 10.1. The van der Waals surface area contributed by atoms with Crippen molar-refractivity contribution in [2.45, 2.75) is 32.4 Å². The Morgan fingerprint density at radius 3 is 2.65 bits per heavy atom. The predicted octanol–water partition coefficient (Wildman–Crippen LogP) is 2.37. The Morgan fingerprint density at radius 1 is 1.29 bits per heavy atom. The second-order valence-electron chi connectivity index (χ2n) is 4.47. The maximum Gasteiger partial charge on any atom is 0.265 e. The van der Waals surface area contributed by atoms with Crippen LogP contribution in [0.15, 0.2) is 42.5 Å². The molecule has 0 aliphatic carbocycles. The normalized spacial score (nSPS) is 24.6. The number of carbonyl (C=O) groups is 1. The van der Waals surface area contributed by atoms with Crippen molar-refractivity contribution in [2.24, 2.45) is 0 Å². The highest BCUT2D eigenvalue weighted by atomic mass is 16.2. The van der Waals surface area contributed by atoms with Gasteiger partial charge in [0.05, 0.1) is 0 Å². The van der Waals surface area contributed by atoms with Crippen LogP contribution >= 0.6 is 0 Å². The van der Waals surface area contributed by atoms with Gasteiger partial charge in [-0.2, -0.15) is 0 Å². The third-order valence-corrected chi connectivity index (χ3v) is 3.07. The first-order valence-corrected chi connectivity index (χ1v) is 5.99. The van der Waals surface area contributed by atoms with Crippen LogP contribution in [0.4, 0.5) is 0 Å². The molecular formula is C14H18N2O. The first-order chi connectivity index (χ1) is 8.18. The van der Waals surface area contributed by atoms with E-state index < -0.39 is 0 Å². The maximum absolute atomic E-state index is 12.0. The highest BCUT2D eigenvalue weighted by Gasteiger charge is 2.23. The van der Waals surface area contributed by atoms with Gasteiger partial charge in [-0.1, -0.05) is 30.4 Å². The quantitative estimate of drug-likeness (QED) is 0.791. The van der Waals surface area contributed by atoms with Crippen molar-refractivity contribution in [1.82, 2.24) is 10.4 Å². The summed E-state index contributed by atoms with van der Waals surface area (Å²) in [7, 11) is 0. The maximum atomic E-state index is 12.0. The zero-order chi connectivity index (χ0) is 12.3. The molecule has 1 amide bonds. The van der Waals surface area contributed by atoms with Crippen molar-refractivity contribution in [2.75, 3.05) is 0 Å². The molecule has 3 heteroatoms. The Morgan fingerprint density at radius 2 is 2.00 bits per heavy atom. The van der Waals surface area contributed by atoms with Gasteiger partial charge in [-0.25, -0.2) is 5.01 Å². The van der Waals surface area contributed by atoms with E-state index in [2.05, 4.69) is 31.4 Å². The van der Waals surface area contributed by atoms with Crippen LogP contribution in [0, 0.1) is 0 Å². The number of hydrogen-bond donors (Lipinski definition) is 1. The van der Waals surface area contributed by atoms with E-state index in [0.717, 1.165) is 6.42 Å². The number of nitrogens with one attached hydrogen (secondary N) is 1. The minimum absolute atomic E-state index is 0.0420. The van der Waals surface area contributed by atoms with Crippen molar-refractivity contribution in [1.29, 1.82) is 0 Å². The summed E-state index contributed by atoms with van der Waals surface area (Å²) in [5.74, 6) is -0.0420. The summed E-state index contributed by atoms with van der Waals surface area (Å²) in [5.41, 5.74) is 3.67. The number of rotatable bonds is 2. The molecule has 1 aromatic carbocycles. The van der Waals surface area contributed by atoms with Crippen LogP contribution in [0.1, 0.15) is 30.6 Å². The molecule has 17 heavy (non-hydrogen) atoms. The lowest BCUT2D eigenvalue weighted by molar-refractivity contribution is 0.0615. The fourth-order valence-electron chi connectivity index (χ4n) is 2.06. The second-order valence-corrected chi connectivity index (χ2v) is 4.47. The number of benzene rings is 1. The van der Waals surface area contributed by atoms with E-state index in [4.69, 9.17) is 0 Å². The van der Waals surface area contributed by atoms with E-state index in [1.165, 1.54) is 0 Å². The van der Waals surface area contributed by atoms with E-state index in [0.29, 0.717) is 11.6 Å². The van der Waals surface area contributed by atoms with Gasteiger partial charge >= 0.3 is 0 Å². The SMILES string of the molecule is C[C@@H]1CC=C[C@H](C)N1NC(=O)c1ccccc1. The number of nitrogens with zero attached hydrogens (tertiary/aromatic N) is 1. The molecule has 0 aromatic heterocycles. The summed E-state index contributed by atoms with van der Waals surface area (Å²) in [6.45, 7) is 4.20. The molecular weight excluding hydrogens is 212 g/mol. The number of carbonyl (C=O) groups excluding carboxylic acids is 1. The fourth-order valence-corrected chi connectivity index (χ4v) is 2.06. The lowest BCUT2D eigenvalue weighted by Gasteiger charge is -2.35. The second kappa shape index (κ2) is 5.15. The van der Waals surface area contributed by atoms with Crippen molar-refractivity contribution in [3.63, 3.8) is 0 Å². The smallest absolute Gasteiger partial charge is 0.265 e. The van der Waals surface area contributed by atoms with E-state index in [9.17, 15) is 4.79 Å². The minimum atomic E-state index is -0.0420. The van der Waals surface area contributed by atoms with Crippen LogP contribution in [0.3, 0.4) is 0 Å². The van der Waals surface area contributed by atoms with E-state index in [-0.39, 0.29) is 11.9 Å². The van der Waals surface area contributed by atoms with Gasteiger partial charge in [-0.15, -0.1) is 0 Å². The Bertz CT molecular complexity index is 413. The summed E-state index contributed by atoms with van der Waals surface area (Å²) in [5, 5.41) is 2.01. The lowest BCUT2D eigenvalue weighted by Crippen LogP contribution is -2.52. The summed E-state index contributed by atoms with van der Waals surface area (Å²) < 4.78 is 0. The summed E-state index contributed by atoms with van der Waals surface area (Å²) in [6.07, 6.45) is 5.26. The van der Waals surface area contributed by atoms with Gasteiger partial charge in [0.25, 0.3) is 5.91 Å². The monoisotopic (exact) mass is 230 g/mol. The number of hydrogen-bond acceptors (Lipinski definition) is 2. The molecule has 3 nitrogen and oxygen atoms in total. The molecule has 0 spiro atoms. The Labute approximate surface area is 102 Å². The van der Waals surface area contributed by atoms with E-state index in [1.807, 2.05) is 35.3 Å². The molecule has 0 radical (unpaired) electrons. The van der Waals surface area contributed by atoms with Crippen LogP contribution in [-0.2, 0) is 0 Å². The summed E-state index contributed by atoms with van der Waals surface area (Å²) in [6, 6.07) is 9.88. The first kappa shape index (κ1) is 11.9. The van der Waals surface area contributed by atoms with Crippen LogP contribution in [0.25, 0.3) is 0 Å². The van der Waals surface area contributed by atoms with Gasteiger partial charge in [-0.3, -0.25) is 10.2 Å². The van der Waals surface area contributed by atoms with Crippen LogP contribution in [0.5, 0.6) is 0 Å². The summed E-state index contributed by atoms with van der Waals surface area (Å²) in [4.78, 5) is 12.0. The Kier molecular flexibility index (Phi) is 3.59. The van der Waals surface area contributed by atoms with Crippen LogP contribution < -0.4 is 5.43 Å². The topological polar surface area (TPSA) is 32.3 Å². The Balaban J connectivity index is 2.06. The van der Waals surface area contributed by atoms with Gasteiger partial charge in [0, 0.05) is 17.6 Å². The van der Waals surface area contributed by atoms with Gasteiger partial charge in [0.1, 0.15) is 0 Å². The van der Waals surface area contributed by atoms with E-state index >= 15 is 0 Å². The van der Waals surface area contributed by atoms with Gasteiger partial charge < -0.3 is 0 Å². The molecule has 1 heterocycles. The molecule has 1 N–H and O–H groups in total. The van der Waals surface area contributed by atoms with Crippen molar-refractivity contribution in [3.05, 3.63) is 48.0 Å². The first-order valence-electron chi connectivity index (χ1n) is 5.99. The molecule has 0 saturated carbocycles. The molecule has 0 unspecified atom stereocenters. The standard InChI is InChI=1S/C14H18N2O/c1-11-7-6-8-12(2)16(11)15-14(17)13-9-4-3-5-10-13/h3-7,9-12H,8H2,1-2H3,(H,15,17)/t11-,12+/m0/s1. The van der Waals surface area contributed by atoms with Crippen LogP contribution in [-0.4, -0.2) is 23.0 Å². The average Bonchev–Trinajstić information content (AvgIpc) is 2.35. The number of hydrazine groups is 1. The fraction of sp³-hybridized carbons (Fsp3) is 0.357. The van der Waals surface area contributed by atoms with Gasteiger partial charge in [0.2, 0.25) is 0 Å². The molecule has 0 bridgehead atoms. The Hall–Kier alpha value is -1.61. The molecule has 90 valence electrons. The molecule has 1 aliphatic heterocycles. The summed E-state index contributed by atoms with van der Waals surface area (Å²) >= 11 is 0.